The average molecular weight is 254 g/mol. The van der Waals surface area contributed by atoms with Crippen LogP contribution in [0, 0.1) is 11.3 Å². The van der Waals surface area contributed by atoms with Crippen LogP contribution in [0.5, 0.6) is 5.75 Å². The maximum atomic E-state index is 12.3. The van der Waals surface area contributed by atoms with E-state index in [0.717, 1.165) is 11.3 Å². The summed E-state index contributed by atoms with van der Waals surface area (Å²) in [6.07, 6.45) is 3.54. The van der Waals surface area contributed by atoms with Gasteiger partial charge in [0, 0.05) is 12.4 Å². The first kappa shape index (κ1) is 12.9. The van der Waals surface area contributed by atoms with Crippen molar-refractivity contribution in [3.05, 3.63) is 54.4 Å². The second kappa shape index (κ2) is 5.87. The van der Waals surface area contributed by atoms with Crippen LogP contribution in [0.25, 0.3) is 0 Å². The molecule has 0 spiro atoms. The van der Waals surface area contributed by atoms with Gasteiger partial charge in [0.15, 0.2) is 0 Å². The Balaban J connectivity index is 2.29. The topological polar surface area (TPSA) is 55.0 Å². The van der Waals surface area contributed by atoms with Crippen LogP contribution in [0.4, 0.5) is 0 Å². The third kappa shape index (κ3) is 2.83. The fraction of sp³-hybridized carbons (Fsp3) is 0.200. The Morgan fingerprint density at radius 3 is 2.47 bits per heavy atom. The van der Waals surface area contributed by atoms with Crippen molar-refractivity contribution in [3.63, 3.8) is 0 Å². The summed E-state index contributed by atoms with van der Waals surface area (Å²) >= 11 is 0. The van der Waals surface area contributed by atoms with Gasteiger partial charge in [0.1, 0.15) is 5.75 Å². The number of aromatic nitrogens is 1. The molecule has 0 fully saturated rings. The zero-order valence-corrected chi connectivity index (χ0v) is 10.6. The lowest BCUT2D eigenvalue weighted by atomic mass is 9.95. The van der Waals surface area contributed by atoms with Crippen LogP contribution >= 0.6 is 0 Å². The van der Waals surface area contributed by atoms with Gasteiger partial charge in [0.2, 0.25) is 5.91 Å². The molecule has 2 rings (SSSR count). The number of nitriles is 1. The van der Waals surface area contributed by atoms with E-state index in [4.69, 9.17) is 10.00 Å². The molecule has 0 amide bonds. The minimum atomic E-state index is -0.455. The van der Waals surface area contributed by atoms with Crippen LogP contribution in [-0.2, 0) is 0 Å². The number of hydrogen-bond acceptors (Lipinski definition) is 3. The SMILES string of the molecule is COc1ccc([C@@H](CC#N)C(=O)n2cccc2)cc1. The molecule has 0 radical (unpaired) electrons. The van der Waals surface area contributed by atoms with Crippen LogP contribution in [-0.4, -0.2) is 17.6 Å². The van der Waals surface area contributed by atoms with Gasteiger partial charge in [-0.15, -0.1) is 0 Å². The van der Waals surface area contributed by atoms with E-state index in [0.29, 0.717) is 0 Å². The minimum Gasteiger partial charge on any atom is -0.497 e. The Bertz CT molecular complexity index is 580. The van der Waals surface area contributed by atoms with Gasteiger partial charge in [-0.1, -0.05) is 12.1 Å². The summed E-state index contributed by atoms with van der Waals surface area (Å²) < 4.78 is 6.59. The van der Waals surface area contributed by atoms with Gasteiger partial charge in [-0.2, -0.15) is 5.26 Å². The number of hydrogen-bond donors (Lipinski definition) is 0. The molecule has 19 heavy (non-hydrogen) atoms. The molecular weight excluding hydrogens is 240 g/mol. The summed E-state index contributed by atoms with van der Waals surface area (Å²) in [4.78, 5) is 12.3. The van der Waals surface area contributed by atoms with E-state index < -0.39 is 5.92 Å². The fourth-order valence-electron chi connectivity index (χ4n) is 1.94. The first-order valence-corrected chi connectivity index (χ1v) is 5.94. The summed E-state index contributed by atoms with van der Waals surface area (Å²) in [5.41, 5.74) is 0.820. The molecular formula is C15H14N2O2. The lowest BCUT2D eigenvalue weighted by Crippen LogP contribution is -2.18. The van der Waals surface area contributed by atoms with E-state index in [1.54, 1.807) is 43.8 Å². The largest absolute Gasteiger partial charge is 0.497 e. The van der Waals surface area contributed by atoms with Crippen molar-refractivity contribution in [2.24, 2.45) is 0 Å². The van der Waals surface area contributed by atoms with Gasteiger partial charge in [-0.25, -0.2) is 0 Å². The monoisotopic (exact) mass is 254 g/mol. The number of nitrogens with zero attached hydrogens (tertiary/aromatic N) is 2. The minimum absolute atomic E-state index is 0.100. The Morgan fingerprint density at radius 1 is 1.32 bits per heavy atom. The molecule has 1 aromatic heterocycles. The van der Waals surface area contributed by atoms with E-state index in [2.05, 4.69) is 6.07 Å². The molecule has 2 aromatic rings. The van der Waals surface area contributed by atoms with E-state index in [1.165, 1.54) is 4.57 Å². The van der Waals surface area contributed by atoms with E-state index in [-0.39, 0.29) is 12.3 Å². The molecule has 0 saturated heterocycles. The standard InChI is InChI=1S/C15H14N2O2/c1-19-13-6-4-12(5-7-13)14(8-9-16)15(18)17-10-2-3-11-17/h2-7,10-11,14H,8H2,1H3/t14-/m1/s1. The third-order valence-electron chi connectivity index (χ3n) is 2.97. The number of rotatable bonds is 4. The first-order chi connectivity index (χ1) is 9.26. The number of benzene rings is 1. The molecule has 0 unspecified atom stereocenters. The van der Waals surface area contributed by atoms with Gasteiger partial charge in [-0.05, 0) is 29.8 Å². The predicted octanol–water partition coefficient (Wildman–Crippen LogP) is 2.83. The van der Waals surface area contributed by atoms with Crippen LogP contribution in [0.15, 0.2) is 48.8 Å². The molecule has 0 N–H and O–H groups in total. The van der Waals surface area contributed by atoms with Gasteiger partial charge in [-0.3, -0.25) is 9.36 Å². The molecule has 0 aliphatic rings. The molecule has 1 heterocycles. The van der Waals surface area contributed by atoms with E-state index in [9.17, 15) is 4.79 Å². The van der Waals surface area contributed by atoms with Crippen molar-refractivity contribution in [3.8, 4) is 11.8 Å². The quantitative estimate of drug-likeness (QED) is 0.843. The predicted molar refractivity (Wildman–Crippen MR) is 71.0 cm³/mol. The van der Waals surface area contributed by atoms with Crippen LogP contribution in [0.2, 0.25) is 0 Å². The fourth-order valence-corrected chi connectivity index (χ4v) is 1.94. The van der Waals surface area contributed by atoms with Gasteiger partial charge in [0.05, 0.1) is 25.5 Å². The molecule has 0 aliphatic heterocycles. The van der Waals surface area contributed by atoms with Gasteiger partial charge < -0.3 is 4.74 Å². The highest BCUT2D eigenvalue weighted by molar-refractivity contribution is 5.86. The second-order valence-corrected chi connectivity index (χ2v) is 4.12. The molecule has 4 heteroatoms. The average Bonchev–Trinajstić information content (AvgIpc) is 2.98. The first-order valence-electron chi connectivity index (χ1n) is 5.94. The highest BCUT2D eigenvalue weighted by atomic mass is 16.5. The maximum Gasteiger partial charge on any atom is 0.239 e. The van der Waals surface area contributed by atoms with Crippen molar-refractivity contribution in [1.82, 2.24) is 4.57 Å². The third-order valence-corrected chi connectivity index (χ3v) is 2.97. The molecule has 0 bridgehead atoms. The Kier molecular flexibility index (Phi) is 3.99. The molecule has 0 aliphatic carbocycles. The Morgan fingerprint density at radius 2 is 1.95 bits per heavy atom. The molecule has 0 saturated carbocycles. The van der Waals surface area contributed by atoms with Crippen molar-refractivity contribution in [1.29, 1.82) is 5.26 Å². The van der Waals surface area contributed by atoms with Crippen molar-refractivity contribution in [2.45, 2.75) is 12.3 Å². The second-order valence-electron chi connectivity index (χ2n) is 4.12. The molecule has 1 atom stereocenters. The smallest absolute Gasteiger partial charge is 0.239 e. The van der Waals surface area contributed by atoms with Gasteiger partial charge >= 0.3 is 0 Å². The molecule has 96 valence electrons. The molecule has 1 aromatic carbocycles. The highest BCUT2D eigenvalue weighted by Crippen LogP contribution is 2.24. The van der Waals surface area contributed by atoms with E-state index >= 15 is 0 Å². The number of ether oxygens (including phenoxy) is 1. The lowest BCUT2D eigenvalue weighted by Gasteiger charge is -2.14. The summed E-state index contributed by atoms with van der Waals surface area (Å²) in [7, 11) is 1.59. The lowest BCUT2D eigenvalue weighted by molar-refractivity contribution is 0.0879. The highest BCUT2D eigenvalue weighted by Gasteiger charge is 2.21. The number of methoxy groups -OCH3 is 1. The number of carbonyl (C=O) groups excluding carboxylic acids is 1. The van der Waals surface area contributed by atoms with Crippen molar-refractivity contribution < 1.29 is 9.53 Å². The van der Waals surface area contributed by atoms with Crippen molar-refractivity contribution in [2.75, 3.05) is 7.11 Å². The summed E-state index contributed by atoms with van der Waals surface area (Å²) in [6, 6.07) is 12.9. The van der Waals surface area contributed by atoms with Gasteiger partial charge in [0.25, 0.3) is 0 Å². The zero-order valence-electron chi connectivity index (χ0n) is 10.6. The molecule has 4 nitrogen and oxygen atoms in total. The normalized spacial score (nSPS) is 11.6. The van der Waals surface area contributed by atoms with Crippen LogP contribution < -0.4 is 4.74 Å². The van der Waals surface area contributed by atoms with Crippen LogP contribution in [0.1, 0.15) is 22.7 Å². The van der Waals surface area contributed by atoms with Crippen molar-refractivity contribution >= 4 is 5.91 Å². The Labute approximate surface area is 111 Å². The summed E-state index contributed by atoms with van der Waals surface area (Å²) in [6.45, 7) is 0. The van der Waals surface area contributed by atoms with E-state index in [1.807, 2.05) is 12.1 Å². The zero-order chi connectivity index (χ0) is 13.7. The Hall–Kier alpha value is -2.54. The summed E-state index contributed by atoms with van der Waals surface area (Å²) in [5.74, 6) is 0.174. The number of carbonyl (C=O) groups is 1. The van der Waals surface area contributed by atoms with Crippen LogP contribution in [0.3, 0.4) is 0 Å². The maximum absolute atomic E-state index is 12.3. The summed E-state index contributed by atoms with van der Waals surface area (Å²) in [5, 5.41) is 8.91.